The van der Waals surface area contributed by atoms with Gasteiger partial charge >= 0.3 is 5.97 Å². The molecule has 1 rings (SSSR count). The minimum atomic E-state index is -0.835. The van der Waals surface area contributed by atoms with Crippen molar-refractivity contribution in [2.75, 3.05) is 26.1 Å². The van der Waals surface area contributed by atoms with E-state index in [0.717, 1.165) is 10.8 Å². The van der Waals surface area contributed by atoms with Crippen LogP contribution in [-0.2, 0) is 9.53 Å². The second kappa shape index (κ2) is 5.27. The van der Waals surface area contributed by atoms with E-state index in [0.29, 0.717) is 4.88 Å². The molecule has 0 radical (unpaired) electrons. The van der Waals surface area contributed by atoms with E-state index >= 15 is 0 Å². The van der Waals surface area contributed by atoms with Crippen LogP contribution in [0.1, 0.15) is 23.1 Å². The molecule has 1 N–H and O–H groups in total. The highest BCUT2D eigenvalue weighted by Crippen LogP contribution is 2.31. The summed E-state index contributed by atoms with van der Waals surface area (Å²) in [5.74, 6) is -0.424. The fourth-order valence-corrected chi connectivity index (χ4v) is 2.20. The van der Waals surface area contributed by atoms with E-state index < -0.39 is 12.1 Å². The average Bonchev–Trinajstić information content (AvgIpc) is 2.60. The Kier molecular flexibility index (Phi) is 4.26. The number of carbonyl (C=O) groups excluding carboxylic acids is 1. The van der Waals surface area contributed by atoms with Crippen LogP contribution >= 0.6 is 11.3 Å². The molecule has 90 valence electrons. The number of ether oxygens (including phenoxy) is 1. The summed E-state index contributed by atoms with van der Waals surface area (Å²) in [6, 6.07) is 0. The van der Waals surface area contributed by atoms with Crippen molar-refractivity contribution in [2.24, 2.45) is 0 Å². The Bertz CT molecular complexity index is 376. The Morgan fingerprint density at radius 3 is 2.69 bits per heavy atom. The van der Waals surface area contributed by atoms with Crippen molar-refractivity contribution < 1.29 is 14.6 Å². The largest absolute Gasteiger partial charge is 0.469 e. The molecular formula is C10H16N2O3S. The molecule has 1 aromatic rings. The quantitative estimate of drug-likeness (QED) is 0.804. The van der Waals surface area contributed by atoms with Crippen LogP contribution in [0, 0.1) is 6.92 Å². The molecule has 1 atom stereocenters. The number of carbonyl (C=O) groups is 1. The van der Waals surface area contributed by atoms with Gasteiger partial charge in [0, 0.05) is 14.1 Å². The molecule has 0 fully saturated rings. The lowest BCUT2D eigenvalue weighted by Crippen LogP contribution is -2.07. The first-order chi connectivity index (χ1) is 7.45. The third-order valence-electron chi connectivity index (χ3n) is 2.09. The van der Waals surface area contributed by atoms with Crippen LogP contribution in [0.2, 0.25) is 0 Å². The predicted molar refractivity (Wildman–Crippen MR) is 62.8 cm³/mol. The molecule has 5 nitrogen and oxygen atoms in total. The number of aromatic nitrogens is 1. The summed E-state index contributed by atoms with van der Waals surface area (Å²) in [6.45, 7) is 1.82. The minimum Gasteiger partial charge on any atom is -0.469 e. The first-order valence-electron chi connectivity index (χ1n) is 4.85. The zero-order valence-corrected chi connectivity index (χ0v) is 10.7. The first-order valence-corrected chi connectivity index (χ1v) is 5.67. The monoisotopic (exact) mass is 244 g/mol. The van der Waals surface area contributed by atoms with Gasteiger partial charge in [-0.3, -0.25) is 4.79 Å². The molecule has 0 saturated carbocycles. The lowest BCUT2D eigenvalue weighted by Gasteiger charge is -2.07. The van der Waals surface area contributed by atoms with E-state index in [9.17, 15) is 9.90 Å². The lowest BCUT2D eigenvalue weighted by atomic mass is 10.2. The van der Waals surface area contributed by atoms with Gasteiger partial charge in [-0.1, -0.05) is 11.3 Å². The predicted octanol–water partition coefficient (Wildman–Crippen LogP) is 1.11. The number of rotatable bonds is 4. The van der Waals surface area contributed by atoms with Crippen LogP contribution in [0.25, 0.3) is 0 Å². The Hall–Kier alpha value is -1.14. The van der Waals surface area contributed by atoms with Gasteiger partial charge in [0.05, 0.1) is 24.1 Å². The maximum Gasteiger partial charge on any atom is 0.308 e. The van der Waals surface area contributed by atoms with Gasteiger partial charge in [-0.15, -0.1) is 0 Å². The standard InChI is InChI=1S/C10H16N2O3S/c1-6-9(7(13)5-8(14)15-4)16-10(11-6)12(2)3/h7,13H,5H2,1-4H3/t7-/m0/s1. The minimum absolute atomic E-state index is 0.0353. The number of methoxy groups -OCH3 is 1. The SMILES string of the molecule is COC(=O)C[C@H](O)c1sc(N(C)C)nc1C. The normalized spacial score (nSPS) is 12.3. The molecular weight excluding hydrogens is 228 g/mol. The van der Waals surface area contributed by atoms with Gasteiger partial charge in [-0.2, -0.15) is 0 Å². The molecule has 0 spiro atoms. The third kappa shape index (κ3) is 2.93. The van der Waals surface area contributed by atoms with Gasteiger partial charge in [0.1, 0.15) is 6.10 Å². The number of hydrogen-bond donors (Lipinski definition) is 1. The zero-order valence-electron chi connectivity index (χ0n) is 9.85. The van der Waals surface area contributed by atoms with E-state index in [2.05, 4.69) is 9.72 Å². The molecule has 1 heterocycles. The van der Waals surface area contributed by atoms with Gasteiger partial charge in [-0.05, 0) is 6.92 Å². The van der Waals surface area contributed by atoms with Crippen molar-refractivity contribution in [2.45, 2.75) is 19.4 Å². The number of nitrogens with zero attached hydrogens (tertiary/aromatic N) is 2. The van der Waals surface area contributed by atoms with Crippen LogP contribution in [0.5, 0.6) is 0 Å². The Morgan fingerprint density at radius 2 is 2.25 bits per heavy atom. The van der Waals surface area contributed by atoms with Gasteiger partial charge in [0.15, 0.2) is 5.13 Å². The van der Waals surface area contributed by atoms with Crippen LogP contribution in [0.4, 0.5) is 5.13 Å². The Morgan fingerprint density at radius 1 is 1.62 bits per heavy atom. The second-order valence-electron chi connectivity index (χ2n) is 3.64. The number of hydrogen-bond acceptors (Lipinski definition) is 6. The fourth-order valence-electron chi connectivity index (χ4n) is 1.23. The van der Waals surface area contributed by atoms with E-state index in [-0.39, 0.29) is 6.42 Å². The number of aryl methyl sites for hydroxylation is 1. The molecule has 0 aliphatic heterocycles. The van der Waals surface area contributed by atoms with Crippen molar-refractivity contribution >= 4 is 22.4 Å². The van der Waals surface area contributed by atoms with Crippen LogP contribution in [0.3, 0.4) is 0 Å². The zero-order chi connectivity index (χ0) is 12.3. The summed E-state index contributed by atoms with van der Waals surface area (Å²) < 4.78 is 4.51. The summed E-state index contributed by atoms with van der Waals surface area (Å²) in [6.07, 6.45) is -0.870. The Labute approximate surface area is 98.7 Å². The molecule has 0 aromatic carbocycles. The van der Waals surface area contributed by atoms with Crippen LogP contribution in [-0.4, -0.2) is 37.3 Å². The highest BCUT2D eigenvalue weighted by molar-refractivity contribution is 7.15. The number of aliphatic hydroxyl groups is 1. The average molecular weight is 244 g/mol. The summed E-state index contributed by atoms with van der Waals surface area (Å²) in [4.78, 5) is 17.9. The smallest absolute Gasteiger partial charge is 0.308 e. The van der Waals surface area contributed by atoms with Gasteiger partial charge in [-0.25, -0.2) is 4.98 Å². The number of esters is 1. The van der Waals surface area contributed by atoms with Crippen molar-refractivity contribution in [3.05, 3.63) is 10.6 Å². The molecule has 0 unspecified atom stereocenters. The van der Waals surface area contributed by atoms with Crippen molar-refractivity contribution in [3.8, 4) is 0 Å². The molecule has 0 aliphatic rings. The lowest BCUT2D eigenvalue weighted by molar-refractivity contribution is -0.142. The number of thiazole rings is 1. The van der Waals surface area contributed by atoms with Crippen LogP contribution in [0.15, 0.2) is 0 Å². The maximum absolute atomic E-state index is 11.0. The fraction of sp³-hybridized carbons (Fsp3) is 0.600. The second-order valence-corrected chi connectivity index (χ2v) is 4.65. The van der Waals surface area contributed by atoms with Crippen molar-refractivity contribution in [3.63, 3.8) is 0 Å². The molecule has 16 heavy (non-hydrogen) atoms. The van der Waals surface area contributed by atoms with Crippen LogP contribution < -0.4 is 4.90 Å². The third-order valence-corrected chi connectivity index (χ3v) is 3.52. The maximum atomic E-state index is 11.0. The first kappa shape index (κ1) is 12.9. The van der Waals surface area contributed by atoms with Gasteiger partial charge in [0.25, 0.3) is 0 Å². The van der Waals surface area contributed by atoms with E-state index in [4.69, 9.17) is 0 Å². The summed E-state index contributed by atoms with van der Waals surface area (Å²) >= 11 is 1.39. The highest BCUT2D eigenvalue weighted by atomic mass is 32.1. The van der Waals surface area contributed by atoms with E-state index in [1.54, 1.807) is 0 Å². The highest BCUT2D eigenvalue weighted by Gasteiger charge is 2.19. The van der Waals surface area contributed by atoms with Crippen molar-refractivity contribution in [1.29, 1.82) is 0 Å². The molecule has 1 aromatic heterocycles. The molecule has 0 bridgehead atoms. The Balaban J connectivity index is 2.82. The summed E-state index contributed by atoms with van der Waals surface area (Å²) in [7, 11) is 5.07. The summed E-state index contributed by atoms with van der Waals surface area (Å²) in [5, 5.41) is 10.7. The molecule has 0 aliphatic carbocycles. The van der Waals surface area contributed by atoms with Gasteiger partial charge < -0.3 is 14.7 Å². The molecule has 0 amide bonds. The number of anilines is 1. The topological polar surface area (TPSA) is 62.7 Å². The van der Waals surface area contributed by atoms with E-state index in [1.165, 1.54) is 18.4 Å². The van der Waals surface area contributed by atoms with Crippen molar-refractivity contribution in [1.82, 2.24) is 4.98 Å². The van der Waals surface area contributed by atoms with E-state index in [1.807, 2.05) is 25.9 Å². The molecule has 6 heteroatoms. The molecule has 0 saturated heterocycles. The number of aliphatic hydroxyl groups excluding tert-OH is 1. The summed E-state index contributed by atoms with van der Waals surface area (Å²) in [5.41, 5.74) is 0.755. The van der Waals surface area contributed by atoms with Gasteiger partial charge in [0.2, 0.25) is 0 Å².